The van der Waals surface area contributed by atoms with Crippen LogP contribution in [0, 0.1) is 0 Å². The number of hydrogen-bond donors (Lipinski definition) is 3. The topological polar surface area (TPSA) is 105 Å². The Kier molecular flexibility index (Phi) is 48.1. The molecule has 396 valence electrons. The molecular formula is C60H106N2O6P+. The zero-order valence-corrected chi connectivity index (χ0v) is 45.9. The van der Waals surface area contributed by atoms with E-state index in [1.54, 1.807) is 6.08 Å². The van der Waals surface area contributed by atoms with Gasteiger partial charge in [-0.05, 0) is 83.5 Å². The maximum Gasteiger partial charge on any atom is 0.472 e. The van der Waals surface area contributed by atoms with Crippen LogP contribution in [0.1, 0.15) is 213 Å². The Bertz CT molecular complexity index is 1490. The van der Waals surface area contributed by atoms with Gasteiger partial charge in [0.15, 0.2) is 0 Å². The SMILES string of the molecule is CC/C=C\C/C=C\C/C=C\C/C=C\C/C=C\C/C=C\C/C=C\C/C=C\CCCCCCCCCCCCCCCCC(=O)NC(COP(=O)(O)OCC[N+](C)(C)C)C(O)/C=C/CCCCCCCC. The Morgan fingerprint density at radius 3 is 1.28 bits per heavy atom. The molecule has 0 aromatic carbocycles. The first-order valence-electron chi connectivity index (χ1n) is 27.8. The molecule has 0 saturated carbocycles. The van der Waals surface area contributed by atoms with Crippen molar-refractivity contribution >= 4 is 13.7 Å². The first-order valence-corrected chi connectivity index (χ1v) is 29.3. The van der Waals surface area contributed by atoms with Crippen LogP contribution in [0.3, 0.4) is 0 Å². The number of phosphoric acid groups is 1. The summed E-state index contributed by atoms with van der Waals surface area (Å²) in [6.45, 7) is 4.64. The number of carbonyl (C=O) groups excluding carboxylic acids is 1. The van der Waals surface area contributed by atoms with Crippen molar-refractivity contribution in [3.63, 3.8) is 0 Å². The lowest BCUT2D eigenvalue weighted by atomic mass is 10.0. The summed E-state index contributed by atoms with van der Waals surface area (Å²) >= 11 is 0. The summed E-state index contributed by atoms with van der Waals surface area (Å²) in [7, 11) is 1.56. The number of quaternary nitrogens is 1. The molecule has 0 aliphatic heterocycles. The van der Waals surface area contributed by atoms with Crippen LogP contribution >= 0.6 is 7.82 Å². The highest BCUT2D eigenvalue weighted by Crippen LogP contribution is 2.43. The van der Waals surface area contributed by atoms with Gasteiger partial charge in [0.2, 0.25) is 5.91 Å². The molecule has 0 rings (SSSR count). The normalized spacial score (nSPS) is 14.8. The van der Waals surface area contributed by atoms with Gasteiger partial charge in [-0.2, -0.15) is 0 Å². The van der Waals surface area contributed by atoms with Crippen molar-refractivity contribution in [3.05, 3.63) is 109 Å². The fourth-order valence-corrected chi connectivity index (χ4v) is 8.15. The smallest absolute Gasteiger partial charge is 0.387 e. The molecule has 3 atom stereocenters. The van der Waals surface area contributed by atoms with E-state index in [2.05, 4.69) is 116 Å². The Hall–Kier alpha value is -2.84. The lowest BCUT2D eigenvalue weighted by Gasteiger charge is -2.25. The first kappa shape index (κ1) is 66.2. The minimum Gasteiger partial charge on any atom is -0.387 e. The average Bonchev–Trinajstić information content (AvgIpc) is 3.31. The molecule has 0 heterocycles. The van der Waals surface area contributed by atoms with Crippen LogP contribution in [-0.4, -0.2) is 73.4 Å². The van der Waals surface area contributed by atoms with Gasteiger partial charge in [-0.3, -0.25) is 13.8 Å². The Labute approximate surface area is 425 Å². The number of amides is 1. The van der Waals surface area contributed by atoms with E-state index in [1.807, 2.05) is 27.2 Å². The minimum absolute atomic E-state index is 0.0574. The van der Waals surface area contributed by atoms with Crippen molar-refractivity contribution < 1.29 is 32.9 Å². The van der Waals surface area contributed by atoms with Crippen LogP contribution in [0.15, 0.2) is 109 Å². The van der Waals surface area contributed by atoms with Crippen LogP contribution < -0.4 is 5.32 Å². The molecular weight excluding hydrogens is 876 g/mol. The number of allylic oxidation sites excluding steroid dienone is 17. The van der Waals surface area contributed by atoms with Crippen molar-refractivity contribution in [3.8, 4) is 0 Å². The molecule has 0 aromatic rings. The molecule has 0 radical (unpaired) electrons. The van der Waals surface area contributed by atoms with Crippen molar-refractivity contribution in [1.29, 1.82) is 0 Å². The maximum absolute atomic E-state index is 12.9. The van der Waals surface area contributed by atoms with Gasteiger partial charge in [-0.1, -0.05) is 232 Å². The van der Waals surface area contributed by atoms with E-state index >= 15 is 0 Å². The number of nitrogens with zero attached hydrogens (tertiary/aromatic N) is 1. The van der Waals surface area contributed by atoms with Gasteiger partial charge in [-0.15, -0.1) is 0 Å². The molecule has 9 heteroatoms. The fraction of sp³-hybridized carbons (Fsp3) is 0.683. The Balaban J connectivity index is 3.94. The molecule has 0 aromatic heterocycles. The molecule has 0 fully saturated rings. The zero-order chi connectivity index (χ0) is 50.6. The Morgan fingerprint density at radius 2 is 0.870 bits per heavy atom. The quantitative estimate of drug-likeness (QED) is 0.0243. The molecule has 1 amide bonds. The number of aliphatic hydroxyl groups excluding tert-OH is 1. The molecule has 8 nitrogen and oxygen atoms in total. The van der Waals surface area contributed by atoms with Crippen LogP contribution in [0.25, 0.3) is 0 Å². The van der Waals surface area contributed by atoms with Crippen molar-refractivity contribution in [2.45, 2.75) is 225 Å². The zero-order valence-electron chi connectivity index (χ0n) is 45.0. The molecule has 0 spiro atoms. The fourth-order valence-electron chi connectivity index (χ4n) is 7.41. The number of rotatable bonds is 49. The number of unbranched alkanes of at least 4 members (excludes halogenated alkanes) is 20. The minimum atomic E-state index is -4.34. The highest BCUT2D eigenvalue weighted by molar-refractivity contribution is 7.47. The second kappa shape index (κ2) is 50.1. The molecule has 3 unspecified atom stereocenters. The first-order chi connectivity index (χ1) is 33.5. The monoisotopic (exact) mass is 982 g/mol. The third kappa shape index (κ3) is 52.8. The highest BCUT2D eigenvalue weighted by atomic mass is 31.2. The number of hydrogen-bond acceptors (Lipinski definition) is 5. The molecule has 0 aliphatic carbocycles. The van der Waals surface area contributed by atoms with E-state index in [-0.39, 0.29) is 19.1 Å². The summed E-state index contributed by atoms with van der Waals surface area (Å²) in [6.07, 6.45) is 73.6. The van der Waals surface area contributed by atoms with E-state index in [4.69, 9.17) is 9.05 Å². The molecule has 0 bridgehead atoms. The lowest BCUT2D eigenvalue weighted by molar-refractivity contribution is -0.870. The van der Waals surface area contributed by atoms with E-state index in [0.29, 0.717) is 17.4 Å². The highest BCUT2D eigenvalue weighted by Gasteiger charge is 2.27. The van der Waals surface area contributed by atoms with E-state index in [0.717, 1.165) is 89.9 Å². The number of likely N-dealkylation sites (N-methyl/N-ethyl adjacent to an activating group) is 1. The third-order valence-electron chi connectivity index (χ3n) is 11.7. The molecule has 0 saturated heterocycles. The molecule has 0 aliphatic rings. The number of carbonyl (C=O) groups is 1. The van der Waals surface area contributed by atoms with E-state index in [9.17, 15) is 19.4 Å². The van der Waals surface area contributed by atoms with Gasteiger partial charge in [0, 0.05) is 6.42 Å². The van der Waals surface area contributed by atoms with Gasteiger partial charge in [0.1, 0.15) is 13.2 Å². The number of aliphatic hydroxyl groups is 1. The average molecular weight is 982 g/mol. The van der Waals surface area contributed by atoms with Crippen LogP contribution in [0.5, 0.6) is 0 Å². The van der Waals surface area contributed by atoms with Gasteiger partial charge in [0.25, 0.3) is 0 Å². The van der Waals surface area contributed by atoms with Crippen LogP contribution in [0.4, 0.5) is 0 Å². The van der Waals surface area contributed by atoms with Crippen molar-refractivity contribution in [2.24, 2.45) is 0 Å². The maximum atomic E-state index is 12.9. The lowest BCUT2D eigenvalue weighted by Crippen LogP contribution is -2.45. The standard InChI is InChI=1S/C60H105N2O6P/c1-6-8-10-12-14-16-17-18-19-20-21-22-23-24-25-26-27-28-29-30-31-32-33-34-35-36-37-38-39-40-41-42-43-44-45-46-48-50-52-54-60(64)61-58(57-68-69(65,66)67-56-55-62(3,4)5)59(63)53-51-49-47-15-13-11-9-7-2/h8,10,14,16,18-19,21-22,24-25,27-28,30-31,33-34,51,53,58-59,63H,6-7,9,11-13,15,17,20,23,26,29,32,35-50,52,54-57H2,1-5H3,(H-,61,64,65,66)/p+1/b10-8-,16-14-,19-18-,22-21-,25-24-,28-27-,31-30-,34-33-,53-51+. The summed E-state index contributed by atoms with van der Waals surface area (Å²) in [4.78, 5) is 23.1. The van der Waals surface area contributed by atoms with E-state index < -0.39 is 20.0 Å². The second-order valence-electron chi connectivity index (χ2n) is 19.6. The summed E-state index contributed by atoms with van der Waals surface area (Å²) in [5, 5.41) is 13.8. The van der Waals surface area contributed by atoms with Gasteiger partial charge < -0.3 is 19.8 Å². The van der Waals surface area contributed by atoms with Crippen molar-refractivity contribution in [1.82, 2.24) is 5.32 Å². The van der Waals surface area contributed by atoms with Crippen LogP contribution in [-0.2, 0) is 18.4 Å². The van der Waals surface area contributed by atoms with Gasteiger partial charge in [0.05, 0.1) is 39.9 Å². The summed E-state index contributed by atoms with van der Waals surface area (Å²) < 4.78 is 23.5. The third-order valence-corrected chi connectivity index (χ3v) is 12.7. The summed E-state index contributed by atoms with van der Waals surface area (Å²) in [5.74, 6) is -0.185. The Morgan fingerprint density at radius 1 is 0.507 bits per heavy atom. The summed E-state index contributed by atoms with van der Waals surface area (Å²) in [6, 6.07) is -0.849. The van der Waals surface area contributed by atoms with Crippen molar-refractivity contribution in [2.75, 3.05) is 40.9 Å². The predicted molar refractivity (Wildman–Crippen MR) is 299 cm³/mol. The van der Waals surface area contributed by atoms with Crippen LogP contribution in [0.2, 0.25) is 0 Å². The predicted octanol–water partition coefficient (Wildman–Crippen LogP) is 16.8. The molecule has 69 heavy (non-hydrogen) atoms. The van der Waals surface area contributed by atoms with Gasteiger partial charge >= 0.3 is 7.82 Å². The number of phosphoric ester groups is 1. The molecule has 3 N–H and O–H groups in total. The van der Waals surface area contributed by atoms with E-state index in [1.165, 1.54) is 103 Å². The largest absolute Gasteiger partial charge is 0.472 e. The summed E-state index contributed by atoms with van der Waals surface area (Å²) in [5.41, 5.74) is 0. The second-order valence-corrected chi connectivity index (χ2v) is 21.0. The van der Waals surface area contributed by atoms with Gasteiger partial charge in [-0.25, -0.2) is 4.57 Å². The number of nitrogens with one attached hydrogen (secondary N) is 1.